The van der Waals surface area contributed by atoms with E-state index < -0.39 is 5.92 Å². The van der Waals surface area contributed by atoms with Crippen molar-refractivity contribution >= 4 is 28.1 Å². The molecule has 0 aliphatic carbocycles. The molecule has 0 atom stereocenters. The number of nitrogens with zero attached hydrogens (tertiary/aromatic N) is 3. The molecule has 3 aromatic rings. The molecule has 1 aromatic carbocycles. The van der Waals surface area contributed by atoms with Crippen LogP contribution in [0.5, 0.6) is 0 Å². The summed E-state index contributed by atoms with van der Waals surface area (Å²) in [5, 5.41) is 4.50. The summed E-state index contributed by atoms with van der Waals surface area (Å²) in [6, 6.07) is 11.9. The van der Waals surface area contributed by atoms with Gasteiger partial charge in [-0.25, -0.2) is 13.8 Å². The van der Waals surface area contributed by atoms with Gasteiger partial charge in [0.25, 0.3) is 11.5 Å². The molecule has 2 aliphatic heterocycles. The molecule has 6 nitrogen and oxygen atoms in total. The smallest absolute Gasteiger partial charge is 0.259 e. The van der Waals surface area contributed by atoms with Gasteiger partial charge in [-0.1, -0.05) is 12.1 Å². The number of piperidine rings is 2. The number of hydrogen-bond acceptors (Lipinski definition) is 5. The van der Waals surface area contributed by atoms with Gasteiger partial charge < -0.3 is 20.1 Å². The maximum absolute atomic E-state index is 13.6. The second kappa shape index (κ2) is 8.74. The highest BCUT2D eigenvalue weighted by Gasteiger charge is 2.34. The van der Waals surface area contributed by atoms with E-state index in [4.69, 9.17) is 4.98 Å². The minimum absolute atomic E-state index is 0.191. The molecule has 4 heterocycles. The molecule has 174 valence electrons. The Morgan fingerprint density at radius 3 is 2.45 bits per heavy atom. The van der Waals surface area contributed by atoms with Crippen molar-refractivity contribution in [3.63, 3.8) is 0 Å². The lowest BCUT2D eigenvalue weighted by Gasteiger charge is -2.33. The Morgan fingerprint density at radius 1 is 1.06 bits per heavy atom. The molecule has 0 bridgehead atoms. The van der Waals surface area contributed by atoms with E-state index in [0.717, 1.165) is 37.0 Å². The minimum Gasteiger partial charge on any atom is -0.356 e. The Bertz CT molecular complexity index is 1180. The van der Waals surface area contributed by atoms with E-state index in [2.05, 4.69) is 34.4 Å². The number of pyridine rings is 2. The van der Waals surface area contributed by atoms with E-state index in [1.165, 1.54) is 5.56 Å². The molecule has 33 heavy (non-hydrogen) atoms. The first-order valence-electron chi connectivity index (χ1n) is 11.6. The van der Waals surface area contributed by atoms with Crippen LogP contribution in [0.25, 0.3) is 10.8 Å². The van der Waals surface area contributed by atoms with Gasteiger partial charge in [0.05, 0.1) is 5.39 Å². The van der Waals surface area contributed by atoms with E-state index in [0.29, 0.717) is 22.9 Å². The van der Waals surface area contributed by atoms with Crippen LogP contribution >= 0.6 is 0 Å². The first-order chi connectivity index (χ1) is 15.9. The van der Waals surface area contributed by atoms with Gasteiger partial charge in [0.1, 0.15) is 11.6 Å². The number of rotatable bonds is 4. The molecule has 0 unspecified atom stereocenters. The molecule has 2 saturated heterocycles. The third-order valence-electron chi connectivity index (χ3n) is 6.92. The highest BCUT2D eigenvalue weighted by molar-refractivity contribution is 5.94. The molecular weight excluding hydrogens is 424 g/mol. The summed E-state index contributed by atoms with van der Waals surface area (Å²) in [5.74, 6) is -1.01. The molecule has 2 aromatic heterocycles. The van der Waals surface area contributed by atoms with Gasteiger partial charge in [-0.3, -0.25) is 4.79 Å². The summed E-state index contributed by atoms with van der Waals surface area (Å²) in [7, 11) is 2.16. The zero-order valence-electron chi connectivity index (χ0n) is 18.8. The average Bonchev–Trinajstić information content (AvgIpc) is 2.80. The fourth-order valence-electron chi connectivity index (χ4n) is 4.83. The van der Waals surface area contributed by atoms with Crippen molar-refractivity contribution in [3.05, 3.63) is 58.5 Å². The van der Waals surface area contributed by atoms with Crippen LogP contribution in [0.15, 0.2) is 47.4 Å². The summed E-state index contributed by atoms with van der Waals surface area (Å²) in [4.78, 5) is 24.2. The van der Waals surface area contributed by atoms with Gasteiger partial charge >= 0.3 is 0 Å². The van der Waals surface area contributed by atoms with E-state index in [1.54, 1.807) is 6.20 Å². The number of alkyl halides is 2. The number of halogens is 2. The largest absolute Gasteiger partial charge is 0.356 e. The molecular formula is C25H29F2N5O. The van der Waals surface area contributed by atoms with Gasteiger partial charge in [-0.2, -0.15) is 0 Å². The van der Waals surface area contributed by atoms with Crippen LogP contribution in [0.3, 0.4) is 0 Å². The van der Waals surface area contributed by atoms with Crippen molar-refractivity contribution in [1.29, 1.82) is 0 Å². The third-order valence-corrected chi connectivity index (χ3v) is 6.92. The lowest BCUT2D eigenvalue weighted by Crippen LogP contribution is -2.39. The summed E-state index contributed by atoms with van der Waals surface area (Å²) < 4.78 is 27.3. The molecule has 8 heteroatoms. The fraction of sp³-hybridized carbons (Fsp3) is 0.440. The Balaban J connectivity index is 1.43. The number of anilines is 3. The summed E-state index contributed by atoms with van der Waals surface area (Å²) >= 11 is 0. The number of H-pyrrole nitrogens is 1. The number of likely N-dealkylation sites (tertiary alicyclic amines) is 1. The molecule has 0 amide bonds. The highest BCUT2D eigenvalue weighted by atomic mass is 19.3. The van der Waals surface area contributed by atoms with Crippen LogP contribution in [0.1, 0.15) is 37.2 Å². The van der Waals surface area contributed by atoms with E-state index in [9.17, 15) is 13.6 Å². The zero-order valence-corrected chi connectivity index (χ0v) is 18.8. The van der Waals surface area contributed by atoms with E-state index in [1.807, 2.05) is 29.2 Å². The molecule has 2 N–H and O–H groups in total. The Hall–Kier alpha value is -3.00. The fourth-order valence-corrected chi connectivity index (χ4v) is 4.83. The molecule has 2 aliphatic rings. The van der Waals surface area contributed by atoms with Crippen LogP contribution < -0.4 is 15.8 Å². The van der Waals surface area contributed by atoms with Crippen molar-refractivity contribution in [1.82, 2.24) is 14.9 Å². The number of nitrogens with one attached hydrogen (secondary N) is 2. The first kappa shape index (κ1) is 21.8. The predicted molar refractivity (Wildman–Crippen MR) is 128 cm³/mol. The van der Waals surface area contributed by atoms with Gasteiger partial charge in [0.2, 0.25) is 0 Å². The highest BCUT2D eigenvalue weighted by Crippen LogP contribution is 2.33. The zero-order chi connectivity index (χ0) is 23.0. The van der Waals surface area contributed by atoms with Crippen LogP contribution in [-0.2, 0) is 0 Å². The van der Waals surface area contributed by atoms with Crippen molar-refractivity contribution in [2.75, 3.05) is 43.4 Å². The SMILES string of the molecule is CN1CCC(c2ccc(Nc3nc(N4CCC(F)(F)CC4)cc4cc[nH]c(=O)c34)cc2)CC1. The van der Waals surface area contributed by atoms with E-state index in [-0.39, 0.29) is 31.5 Å². The maximum atomic E-state index is 13.6. The topological polar surface area (TPSA) is 64.3 Å². The first-order valence-corrected chi connectivity index (χ1v) is 11.6. The van der Waals surface area contributed by atoms with Gasteiger partial charge in [0, 0.05) is 37.8 Å². The van der Waals surface area contributed by atoms with Crippen LogP contribution in [-0.4, -0.2) is 54.0 Å². The Kier molecular flexibility index (Phi) is 5.78. The summed E-state index contributed by atoms with van der Waals surface area (Å²) in [6.45, 7) is 2.69. The second-order valence-corrected chi connectivity index (χ2v) is 9.27. The number of fused-ring (bicyclic) bond motifs is 1. The molecule has 2 fully saturated rings. The average molecular weight is 454 g/mol. The summed E-state index contributed by atoms with van der Waals surface area (Å²) in [6.07, 6.45) is 3.52. The van der Waals surface area contributed by atoms with Crippen LogP contribution in [0, 0.1) is 0 Å². The van der Waals surface area contributed by atoms with Gasteiger partial charge in [-0.05, 0) is 74.1 Å². The number of hydrogen-bond donors (Lipinski definition) is 2. The Labute approximate surface area is 191 Å². The normalized spacial score (nSPS) is 19.7. The molecule has 0 spiro atoms. The number of aromatic nitrogens is 2. The molecule has 5 rings (SSSR count). The minimum atomic E-state index is -2.62. The van der Waals surface area contributed by atoms with Crippen molar-refractivity contribution < 1.29 is 8.78 Å². The maximum Gasteiger partial charge on any atom is 0.259 e. The van der Waals surface area contributed by atoms with Gasteiger partial charge in [0.15, 0.2) is 0 Å². The second-order valence-electron chi connectivity index (χ2n) is 9.27. The number of aromatic amines is 1. The lowest BCUT2D eigenvalue weighted by atomic mass is 9.89. The summed E-state index contributed by atoms with van der Waals surface area (Å²) in [5.41, 5.74) is 1.93. The number of benzene rings is 1. The van der Waals surface area contributed by atoms with Crippen molar-refractivity contribution in [3.8, 4) is 0 Å². The van der Waals surface area contributed by atoms with Crippen molar-refractivity contribution in [2.24, 2.45) is 0 Å². The molecule has 0 saturated carbocycles. The molecule has 0 radical (unpaired) electrons. The Morgan fingerprint density at radius 2 is 1.76 bits per heavy atom. The van der Waals surface area contributed by atoms with Crippen LogP contribution in [0.2, 0.25) is 0 Å². The predicted octanol–water partition coefficient (Wildman–Crippen LogP) is 4.71. The third kappa shape index (κ3) is 4.71. The van der Waals surface area contributed by atoms with Gasteiger partial charge in [-0.15, -0.1) is 0 Å². The quantitative estimate of drug-likeness (QED) is 0.599. The monoisotopic (exact) mass is 453 g/mol. The van der Waals surface area contributed by atoms with Crippen molar-refractivity contribution in [2.45, 2.75) is 37.5 Å². The van der Waals surface area contributed by atoms with E-state index >= 15 is 0 Å². The lowest BCUT2D eigenvalue weighted by molar-refractivity contribution is -0.0221. The standard InChI is InChI=1S/C25H29F2N5O/c1-31-12-7-18(8-13-31)17-2-4-20(5-3-17)29-23-22-19(6-11-28-24(22)33)16-21(30-23)32-14-9-25(26,27)10-15-32/h2-6,11,16,18H,7-10,12-15H2,1H3,(H,28,33)(H,29,30). The van der Waals surface area contributed by atoms with Crippen LogP contribution in [0.4, 0.5) is 26.1 Å².